The van der Waals surface area contributed by atoms with E-state index in [0.29, 0.717) is 24.3 Å². The third kappa shape index (κ3) is 9.73. The number of hydrogen-bond donors (Lipinski definition) is 4. The second-order valence-electron chi connectivity index (χ2n) is 11.3. The molecule has 0 bridgehead atoms. The van der Waals surface area contributed by atoms with Gasteiger partial charge in [-0.15, -0.1) is 0 Å². The van der Waals surface area contributed by atoms with Gasteiger partial charge < -0.3 is 26.0 Å². The summed E-state index contributed by atoms with van der Waals surface area (Å²) in [5.74, 6) is -7.57. The zero-order valence-electron chi connectivity index (χ0n) is 27.6. The van der Waals surface area contributed by atoms with E-state index in [-0.39, 0.29) is 23.3 Å². The molecule has 0 saturated heterocycles. The topological polar surface area (TPSA) is 126 Å². The number of ether oxygens (including phenoxy) is 1. The van der Waals surface area contributed by atoms with Crippen molar-refractivity contribution in [1.82, 2.24) is 21.3 Å². The number of hydrogen-bond acceptors (Lipinski definition) is 5. The van der Waals surface area contributed by atoms with Crippen LogP contribution in [0.5, 0.6) is 0 Å². The predicted octanol–water partition coefficient (Wildman–Crippen LogP) is 5.89. The van der Waals surface area contributed by atoms with Crippen LogP contribution in [-0.4, -0.2) is 49.8 Å². The molecule has 0 heterocycles. The van der Waals surface area contributed by atoms with Gasteiger partial charge in [0.15, 0.2) is 0 Å². The normalized spacial score (nSPS) is 13.9. The van der Waals surface area contributed by atoms with Gasteiger partial charge in [-0.25, -0.2) is 8.78 Å². The molecule has 9 nitrogen and oxygen atoms in total. The van der Waals surface area contributed by atoms with Crippen LogP contribution in [0.2, 0.25) is 0 Å². The summed E-state index contributed by atoms with van der Waals surface area (Å²) in [4.78, 5) is 53.8. The Bertz CT molecular complexity index is 1800. The Morgan fingerprint density at radius 2 is 0.887 bits per heavy atom. The highest BCUT2D eigenvalue weighted by Crippen LogP contribution is 2.36. The van der Waals surface area contributed by atoms with Gasteiger partial charge in [-0.05, 0) is 47.5 Å². The van der Waals surface area contributed by atoms with Crippen molar-refractivity contribution in [3.8, 4) is 0 Å². The molecule has 4 aromatic carbocycles. The molecule has 53 heavy (non-hydrogen) atoms. The van der Waals surface area contributed by atoms with Gasteiger partial charge >= 0.3 is 12.4 Å². The monoisotopic (exact) mass is 750 g/mol. The van der Waals surface area contributed by atoms with E-state index in [1.165, 1.54) is 48.5 Å². The number of nitrogens with one attached hydrogen (secondary N) is 4. The molecular weight excluding hydrogens is 720 g/mol. The molecule has 0 spiro atoms. The first-order valence-electron chi connectivity index (χ1n) is 15.5. The first-order chi connectivity index (χ1) is 25.0. The molecule has 0 aromatic heterocycles. The first-order valence-corrected chi connectivity index (χ1v) is 15.5. The van der Waals surface area contributed by atoms with Gasteiger partial charge in [0.25, 0.3) is 11.8 Å². The molecule has 4 amide bonds. The van der Waals surface area contributed by atoms with E-state index >= 15 is 0 Å². The molecule has 0 fully saturated rings. The fourth-order valence-electron chi connectivity index (χ4n) is 5.35. The van der Waals surface area contributed by atoms with E-state index in [2.05, 4.69) is 21.3 Å². The number of likely N-dealkylation sites (N-methyl/N-ethyl adjacent to an activating group) is 2. The van der Waals surface area contributed by atoms with Crippen LogP contribution in [0.15, 0.2) is 97.1 Å². The number of amides is 4. The van der Waals surface area contributed by atoms with Gasteiger partial charge in [0.1, 0.15) is 35.9 Å². The largest absolute Gasteiger partial charge is 0.417 e. The summed E-state index contributed by atoms with van der Waals surface area (Å²) in [7, 11) is 2.29. The molecule has 4 unspecified atom stereocenters. The average Bonchev–Trinajstić information content (AvgIpc) is 3.13. The van der Waals surface area contributed by atoms with Crippen molar-refractivity contribution in [3.63, 3.8) is 0 Å². The highest BCUT2D eigenvalue weighted by molar-refractivity contribution is 6.00. The van der Waals surface area contributed by atoms with E-state index in [0.717, 1.165) is 14.1 Å². The minimum Gasteiger partial charge on any atom is -0.360 e. The Kier molecular flexibility index (Phi) is 12.6. The summed E-state index contributed by atoms with van der Waals surface area (Å²) in [5.41, 5.74) is -5.17. The molecule has 0 saturated carbocycles. The molecule has 4 aromatic rings. The van der Waals surface area contributed by atoms with Crippen LogP contribution < -0.4 is 21.3 Å². The fourth-order valence-corrected chi connectivity index (χ4v) is 5.35. The number of carbonyl (C=O) groups is 4. The highest BCUT2D eigenvalue weighted by atomic mass is 19.4. The molecule has 4 atom stereocenters. The van der Waals surface area contributed by atoms with Crippen molar-refractivity contribution >= 4 is 23.6 Å². The SMILES string of the molecule is CNC(=O)C(NC(=O)c1ccc(F)cc1C(F)(F)F)C(OC(c1ccccc1)C(NC(=O)c1ccc(F)cc1C(F)(F)F)C(=O)NC)c1ccccc1. The van der Waals surface area contributed by atoms with Gasteiger partial charge in [0, 0.05) is 14.1 Å². The number of rotatable bonds is 12. The summed E-state index contributed by atoms with van der Waals surface area (Å²) in [5, 5.41) is 8.96. The van der Waals surface area contributed by atoms with Crippen LogP contribution in [-0.2, 0) is 26.7 Å². The highest BCUT2D eigenvalue weighted by Gasteiger charge is 2.42. The summed E-state index contributed by atoms with van der Waals surface area (Å²) in [6, 6.07) is 13.5. The summed E-state index contributed by atoms with van der Waals surface area (Å²) in [6.45, 7) is 0. The van der Waals surface area contributed by atoms with Crippen molar-refractivity contribution < 1.29 is 59.0 Å². The minimum atomic E-state index is -5.19. The lowest BCUT2D eigenvalue weighted by Crippen LogP contribution is -2.53. The number of benzene rings is 4. The quantitative estimate of drug-likeness (QED) is 0.135. The standard InChI is InChI=1S/C36H30F8N4O5/c1-45-33(51)27(47-31(49)23-15-13-21(37)17-25(23)35(39,40)41)29(19-9-5-3-6-10-19)53-30(20-11-7-4-8-12-20)28(34(52)46-2)48-32(50)24-16-14-22(38)18-26(24)36(42,43)44/h3-18,27-30H,1-2H3,(H,45,51)(H,46,52)(H,47,49)(H,48,50). The van der Waals surface area contributed by atoms with Crippen LogP contribution in [0.3, 0.4) is 0 Å². The summed E-state index contributed by atoms with van der Waals surface area (Å²) >= 11 is 0. The third-order valence-electron chi connectivity index (χ3n) is 7.85. The van der Waals surface area contributed by atoms with Gasteiger partial charge in [-0.2, -0.15) is 26.3 Å². The first kappa shape index (κ1) is 39.9. The maximum atomic E-state index is 13.9. The van der Waals surface area contributed by atoms with Crippen LogP contribution in [0.25, 0.3) is 0 Å². The fraction of sp³-hybridized carbons (Fsp3) is 0.222. The Morgan fingerprint density at radius 3 is 1.19 bits per heavy atom. The molecule has 280 valence electrons. The van der Waals surface area contributed by atoms with Crippen molar-refractivity contribution in [3.05, 3.63) is 142 Å². The molecular formula is C36H30F8N4O5. The van der Waals surface area contributed by atoms with E-state index in [1.807, 2.05) is 0 Å². The molecule has 0 aliphatic carbocycles. The Balaban J connectivity index is 1.86. The van der Waals surface area contributed by atoms with E-state index < -0.39 is 94.2 Å². The lowest BCUT2D eigenvalue weighted by molar-refractivity contribution is -0.138. The van der Waals surface area contributed by atoms with E-state index in [9.17, 15) is 54.3 Å². The zero-order chi connectivity index (χ0) is 39.1. The maximum absolute atomic E-state index is 13.9. The Labute approximate surface area is 296 Å². The summed E-state index contributed by atoms with van der Waals surface area (Å²) in [6.07, 6.45) is -13.8. The van der Waals surface area contributed by atoms with Crippen LogP contribution >= 0.6 is 0 Å². The van der Waals surface area contributed by atoms with Crippen molar-refractivity contribution in [1.29, 1.82) is 0 Å². The second kappa shape index (κ2) is 16.7. The summed E-state index contributed by atoms with van der Waals surface area (Å²) < 4.78 is 117. The molecule has 0 aliphatic heterocycles. The molecule has 4 rings (SSSR count). The van der Waals surface area contributed by atoms with Crippen molar-refractivity contribution in [2.24, 2.45) is 0 Å². The predicted molar refractivity (Wildman–Crippen MR) is 173 cm³/mol. The van der Waals surface area contributed by atoms with Crippen LogP contribution in [0.1, 0.15) is 55.2 Å². The van der Waals surface area contributed by atoms with Gasteiger partial charge in [-0.3, -0.25) is 19.2 Å². The van der Waals surface area contributed by atoms with Gasteiger partial charge in [0.05, 0.1) is 22.3 Å². The third-order valence-corrected chi connectivity index (χ3v) is 7.85. The molecule has 17 heteroatoms. The van der Waals surface area contributed by atoms with Crippen molar-refractivity contribution in [2.75, 3.05) is 14.1 Å². The number of halogens is 8. The van der Waals surface area contributed by atoms with Crippen LogP contribution in [0.4, 0.5) is 35.1 Å². The second-order valence-corrected chi connectivity index (χ2v) is 11.3. The smallest absolute Gasteiger partial charge is 0.360 e. The number of carbonyl (C=O) groups excluding carboxylic acids is 4. The Hall–Kier alpha value is -5.84. The minimum absolute atomic E-state index is 0.0996. The van der Waals surface area contributed by atoms with Gasteiger partial charge in [0.2, 0.25) is 11.8 Å². The molecule has 0 aliphatic rings. The zero-order valence-corrected chi connectivity index (χ0v) is 27.6. The molecule has 0 radical (unpaired) electrons. The number of alkyl halides is 6. The van der Waals surface area contributed by atoms with Crippen molar-refractivity contribution in [2.45, 2.75) is 36.6 Å². The molecule has 4 N–H and O–H groups in total. The van der Waals surface area contributed by atoms with Gasteiger partial charge in [-0.1, -0.05) is 60.7 Å². The maximum Gasteiger partial charge on any atom is 0.417 e. The van der Waals surface area contributed by atoms with Crippen LogP contribution in [0, 0.1) is 11.6 Å². The lowest BCUT2D eigenvalue weighted by Gasteiger charge is -2.34. The van der Waals surface area contributed by atoms with E-state index in [1.54, 1.807) is 12.1 Å². The lowest BCUT2D eigenvalue weighted by atomic mass is 9.96. The average molecular weight is 751 g/mol. The van der Waals surface area contributed by atoms with E-state index in [4.69, 9.17) is 4.74 Å². The Morgan fingerprint density at radius 1 is 0.547 bits per heavy atom.